The third-order valence-electron chi connectivity index (χ3n) is 10.4. The molecule has 1 aromatic carbocycles. The van der Waals surface area contributed by atoms with E-state index >= 15 is 0 Å². The standard InChI is InChI=1S/C33H41FN6O2S/c1-42-13-12-38-10-8-20(9-11-38)16-40-19-29(39-17-22-3-4-23(18-39)37-22)25-5-2-21(14-26(25)33(40)41)24-6-7-28(34)30-27(15-35)32(36)43-31(24)30/h6-7,19-23,37H,2-5,8-14,16-18,36H2,1H3. The summed E-state index contributed by atoms with van der Waals surface area (Å²) in [5.41, 5.74) is 10.9. The number of hydrogen-bond acceptors (Lipinski definition) is 8. The number of hydrogen-bond donors (Lipinski definition) is 2. The van der Waals surface area contributed by atoms with E-state index < -0.39 is 5.82 Å². The number of anilines is 2. The monoisotopic (exact) mass is 604 g/mol. The van der Waals surface area contributed by atoms with Crippen LogP contribution in [0.3, 0.4) is 0 Å². The Morgan fingerprint density at radius 1 is 1.14 bits per heavy atom. The van der Waals surface area contributed by atoms with Gasteiger partial charge in [0.15, 0.2) is 0 Å². The van der Waals surface area contributed by atoms with Crippen LogP contribution in [0.15, 0.2) is 23.1 Å². The number of pyridine rings is 1. The van der Waals surface area contributed by atoms with Gasteiger partial charge in [-0.15, -0.1) is 11.3 Å². The van der Waals surface area contributed by atoms with Gasteiger partial charge >= 0.3 is 0 Å². The van der Waals surface area contributed by atoms with E-state index in [-0.39, 0.29) is 17.0 Å². The molecule has 4 aliphatic rings. The fourth-order valence-electron chi connectivity index (χ4n) is 8.09. The zero-order valence-electron chi connectivity index (χ0n) is 24.9. The Balaban J connectivity index is 1.23. The summed E-state index contributed by atoms with van der Waals surface area (Å²) in [6, 6.07) is 6.43. The molecule has 0 radical (unpaired) electrons. The summed E-state index contributed by atoms with van der Waals surface area (Å²) in [6.45, 7) is 6.50. The van der Waals surface area contributed by atoms with Crippen molar-refractivity contribution in [1.29, 1.82) is 5.26 Å². The van der Waals surface area contributed by atoms with Crippen LogP contribution in [0.4, 0.5) is 15.1 Å². The van der Waals surface area contributed by atoms with Gasteiger partial charge in [-0.3, -0.25) is 4.79 Å². The number of halogens is 1. The number of benzene rings is 1. The van der Waals surface area contributed by atoms with Gasteiger partial charge in [-0.05, 0) is 87.1 Å². The summed E-state index contributed by atoms with van der Waals surface area (Å²) < 4.78 is 23.0. The van der Waals surface area contributed by atoms with E-state index in [2.05, 4.69) is 27.4 Å². The first kappa shape index (κ1) is 28.8. The van der Waals surface area contributed by atoms with Gasteiger partial charge in [0.05, 0.1) is 17.9 Å². The van der Waals surface area contributed by atoms with Crippen molar-refractivity contribution < 1.29 is 9.13 Å². The number of fused-ring (bicyclic) bond motifs is 4. The molecule has 3 N–H and O–H groups in total. The lowest BCUT2D eigenvalue weighted by molar-refractivity contribution is 0.116. The van der Waals surface area contributed by atoms with Crippen LogP contribution < -0.4 is 21.5 Å². The predicted octanol–water partition coefficient (Wildman–Crippen LogP) is 4.23. The van der Waals surface area contributed by atoms with Crippen LogP contribution in [-0.2, 0) is 24.1 Å². The average Bonchev–Trinajstić information content (AvgIpc) is 3.55. The van der Waals surface area contributed by atoms with E-state index in [1.165, 1.54) is 41.5 Å². The van der Waals surface area contributed by atoms with Crippen molar-refractivity contribution in [3.05, 3.63) is 56.8 Å². The zero-order chi connectivity index (χ0) is 29.7. The van der Waals surface area contributed by atoms with Crippen molar-refractivity contribution >= 4 is 32.1 Å². The van der Waals surface area contributed by atoms with Crippen molar-refractivity contribution in [2.24, 2.45) is 5.92 Å². The van der Waals surface area contributed by atoms with Crippen LogP contribution in [0.25, 0.3) is 10.1 Å². The van der Waals surface area contributed by atoms with Gasteiger partial charge in [-0.2, -0.15) is 5.26 Å². The molecule has 8 nitrogen and oxygen atoms in total. The first-order chi connectivity index (χ1) is 20.9. The molecule has 228 valence electrons. The van der Waals surface area contributed by atoms with Crippen molar-refractivity contribution in [3.8, 4) is 6.07 Å². The molecular formula is C33H41FN6O2S. The maximum atomic E-state index is 14.9. The number of ether oxygens (including phenoxy) is 1. The fraction of sp³-hybridized carbons (Fsp3) is 0.576. The number of methoxy groups -OCH3 is 1. The minimum atomic E-state index is -0.411. The summed E-state index contributed by atoms with van der Waals surface area (Å²) in [6.07, 6.45) is 9.07. The van der Waals surface area contributed by atoms with Crippen molar-refractivity contribution in [1.82, 2.24) is 14.8 Å². The van der Waals surface area contributed by atoms with Crippen molar-refractivity contribution in [2.75, 3.05) is 57.1 Å². The number of thiophene rings is 1. The number of nitrogens with zero attached hydrogens (tertiary/aromatic N) is 4. The SMILES string of the molecule is COCCN1CCC(Cn2cc(N3CC4CCC(C3)N4)c3c(c2=O)CC(c2ccc(F)c4c(C#N)c(N)sc24)CC3)CC1. The predicted molar refractivity (Wildman–Crippen MR) is 170 cm³/mol. The van der Waals surface area contributed by atoms with Crippen LogP contribution in [-0.4, -0.2) is 68.0 Å². The minimum absolute atomic E-state index is 0.0693. The fourth-order valence-corrected chi connectivity index (χ4v) is 9.21. The number of piperidine rings is 1. The lowest BCUT2D eigenvalue weighted by atomic mass is 9.79. The molecule has 10 heteroatoms. The molecule has 2 aromatic heterocycles. The second-order valence-electron chi connectivity index (χ2n) is 13.0. The Kier molecular flexibility index (Phi) is 7.93. The molecular weight excluding hydrogens is 563 g/mol. The molecule has 2 bridgehead atoms. The summed E-state index contributed by atoms with van der Waals surface area (Å²) >= 11 is 1.29. The summed E-state index contributed by atoms with van der Waals surface area (Å²) in [4.78, 5) is 19.3. The van der Waals surface area contributed by atoms with E-state index in [9.17, 15) is 14.4 Å². The molecule has 7 rings (SSSR count). The summed E-state index contributed by atoms with van der Waals surface area (Å²) in [5.74, 6) is 0.127. The Bertz CT molecular complexity index is 1610. The Morgan fingerprint density at radius 3 is 2.63 bits per heavy atom. The quantitative estimate of drug-likeness (QED) is 0.417. The number of rotatable bonds is 7. The highest BCUT2D eigenvalue weighted by molar-refractivity contribution is 7.23. The largest absolute Gasteiger partial charge is 0.389 e. The highest BCUT2D eigenvalue weighted by Gasteiger charge is 2.36. The average molecular weight is 605 g/mol. The van der Waals surface area contributed by atoms with Crippen LogP contribution in [0.2, 0.25) is 0 Å². The number of likely N-dealkylation sites (tertiary alicyclic amines) is 1. The molecule has 3 fully saturated rings. The van der Waals surface area contributed by atoms with E-state index in [0.717, 1.165) is 87.4 Å². The third kappa shape index (κ3) is 5.35. The normalized spacial score (nSPS) is 24.4. The summed E-state index contributed by atoms with van der Waals surface area (Å²) in [5, 5.41) is 14.1. The number of nitrogen functional groups attached to an aromatic ring is 1. The maximum absolute atomic E-state index is 14.9. The van der Waals surface area contributed by atoms with Gasteiger partial charge in [0.2, 0.25) is 0 Å². The zero-order valence-corrected chi connectivity index (χ0v) is 25.7. The van der Waals surface area contributed by atoms with Gasteiger partial charge < -0.3 is 30.2 Å². The molecule has 3 atom stereocenters. The molecule has 0 spiro atoms. The molecule has 3 aromatic rings. The smallest absolute Gasteiger partial charge is 0.254 e. The number of aromatic nitrogens is 1. The van der Waals surface area contributed by atoms with E-state index in [1.807, 2.05) is 10.6 Å². The lowest BCUT2D eigenvalue weighted by Crippen LogP contribution is -2.52. The maximum Gasteiger partial charge on any atom is 0.254 e. The van der Waals surface area contributed by atoms with Gasteiger partial charge in [0.25, 0.3) is 5.56 Å². The first-order valence-corrected chi connectivity index (χ1v) is 16.6. The third-order valence-corrected chi connectivity index (χ3v) is 11.5. The van der Waals surface area contributed by atoms with E-state index in [4.69, 9.17) is 10.5 Å². The molecule has 3 saturated heterocycles. The Morgan fingerprint density at radius 2 is 1.91 bits per heavy atom. The van der Waals surface area contributed by atoms with Crippen molar-refractivity contribution in [3.63, 3.8) is 0 Å². The Labute approximate surface area is 256 Å². The lowest BCUT2D eigenvalue weighted by Gasteiger charge is -2.38. The highest BCUT2D eigenvalue weighted by atomic mass is 32.1. The second-order valence-corrected chi connectivity index (χ2v) is 14.0. The van der Waals surface area contributed by atoms with Gasteiger partial charge in [-0.25, -0.2) is 4.39 Å². The topological polar surface area (TPSA) is 99.5 Å². The molecule has 0 saturated carbocycles. The number of nitrogens with one attached hydrogen (secondary N) is 1. The molecule has 3 aliphatic heterocycles. The Hall–Kier alpha value is -2.97. The second kappa shape index (κ2) is 11.8. The highest BCUT2D eigenvalue weighted by Crippen LogP contribution is 2.44. The van der Waals surface area contributed by atoms with Crippen molar-refractivity contribution in [2.45, 2.75) is 69.5 Å². The molecule has 5 heterocycles. The van der Waals surface area contributed by atoms with E-state index in [1.54, 1.807) is 7.11 Å². The van der Waals surface area contributed by atoms with Crippen LogP contribution in [0.5, 0.6) is 0 Å². The van der Waals surface area contributed by atoms with Gasteiger partial charge in [0, 0.05) is 67.2 Å². The molecule has 0 amide bonds. The number of piperazine rings is 1. The molecule has 3 unspecified atom stereocenters. The van der Waals surface area contributed by atoms with E-state index in [0.29, 0.717) is 34.8 Å². The summed E-state index contributed by atoms with van der Waals surface area (Å²) in [7, 11) is 1.75. The van der Waals surface area contributed by atoms with Crippen LogP contribution in [0, 0.1) is 23.1 Å². The van der Waals surface area contributed by atoms with Crippen LogP contribution >= 0.6 is 11.3 Å². The number of nitrogens with two attached hydrogens (primary N) is 1. The molecule has 1 aliphatic carbocycles. The van der Waals surface area contributed by atoms with Crippen LogP contribution in [0.1, 0.15) is 60.3 Å². The van der Waals surface area contributed by atoms with Gasteiger partial charge in [-0.1, -0.05) is 6.07 Å². The first-order valence-electron chi connectivity index (χ1n) is 15.8. The number of nitriles is 1. The molecule has 43 heavy (non-hydrogen) atoms. The minimum Gasteiger partial charge on any atom is -0.389 e. The van der Waals surface area contributed by atoms with Gasteiger partial charge in [0.1, 0.15) is 16.9 Å².